The van der Waals surface area contributed by atoms with E-state index in [2.05, 4.69) is 86.8 Å². The van der Waals surface area contributed by atoms with Crippen LogP contribution in [0.25, 0.3) is 44.2 Å². The molecule has 3 nitrogen and oxygen atoms in total. The van der Waals surface area contributed by atoms with E-state index in [-0.39, 0.29) is 0 Å². The lowest BCUT2D eigenvalue weighted by Gasteiger charge is -2.12. The molecule has 0 aliphatic rings. The fraction of sp³-hybridized carbons (Fsp3) is 0.259. The van der Waals surface area contributed by atoms with Crippen LogP contribution in [0.3, 0.4) is 0 Å². The summed E-state index contributed by atoms with van der Waals surface area (Å²) in [5.41, 5.74) is 9.09. The predicted molar refractivity (Wildman–Crippen MR) is 124 cm³/mol. The summed E-state index contributed by atoms with van der Waals surface area (Å²) in [6.07, 6.45) is 2.87. The number of aromatic nitrogens is 2. The van der Waals surface area contributed by atoms with Crippen LogP contribution in [0, 0.1) is 19.8 Å². The third kappa shape index (κ3) is 2.80. The van der Waals surface area contributed by atoms with Crippen molar-refractivity contribution in [3.8, 4) is 11.3 Å². The van der Waals surface area contributed by atoms with Crippen molar-refractivity contribution < 1.29 is 8.98 Å². The van der Waals surface area contributed by atoms with Crippen LogP contribution >= 0.6 is 0 Å². The highest BCUT2D eigenvalue weighted by molar-refractivity contribution is 6.09. The van der Waals surface area contributed by atoms with Crippen LogP contribution in [0.4, 0.5) is 0 Å². The summed E-state index contributed by atoms with van der Waals surface area (Å²) in [6.45, 7) is 8.91. The minimum Gasteiger partial charge on any atom is -0.437 e. The van der Waals surface area contributed by atoms with Crippen molar-refractivity contribution in [2.75, 3.05) is 0 Å². The Balaban J connectivity index is 1.84. The first kappa shape index (κ1) is 18.8. The molecule has 0 bridgehead atoms. The van der Waals surface area contributed by atoms with E-state index < -0.39 is 0 Å². The van der Waals surface area contributed by atoms with Gasteiger partial charge in [0.2, 0.25) is 16.9 Å². The minimum absolute atomic E-state index is 0.627. The Kier molecular flexibility index (Phi) is 4.35. The van der Waals surface area contributed by atoms with Gasteiger partial charge in [-0.2, -0.15) is 4.57 Å². The number of hydrogen-bond donors (Lipinski definition) is 0. The maximum atomic E-state index is 6.29. The van der Waals surface area contributed by atoms with Gasteiger partial charge >= 0.3 is 0 Å². The zero-order valence-corrected chi connectivity index (χ0v) is 18.3. The molecule has 5 rings (SSSR count). The molecule has 0 aliphatic carbocycles. The van der Waals surface area contributed by atoms with Gasteiger partial charge in [0.05, 0.1) is 5.56 Å². The molecule has 3 heterocycles. The number of nitrogens with zero attached hydrogens (tertiary/aromatic N) is 2. The van der Waals surface area contributed by atoms with E-state index in [4.69, 9.17) is 4.42 Å². The molecule has 0 saturated carbocycles. The van der Waals surface area contributed by atoms with Gasteiger partial charge in [-0.25, -0.2) is 4.98 Å². The average Bonchev–Trinajstić information content (AvgIpc) is 3.08. The maximum Gasteiger partial charge on any atom is 0.227 e. The Morgan fingerprint density at radius 1 is 0.967 bits per heavy atom. The number of furan rings is 1. The van der Waals surface area contributed by atoms with Crippen molar-refractivity contribution in [3.05, 3.63) is 71.4 Å². The van der Waals surface area contributed by atoms with Crippen LogP contribution in [0.15, 0.2) is 59.1 Å². The Morgan fingerprint density at radius 2 is 1.80 bits per heavy atom. The summed E-state index contributed by atoms with van der Waals surface area (Å²) in [5, 5.41) is 3.52. The van der Waals surface area contributed by atoms with Crippen molar-refractivity contribution in [1.82, 2.24) is 4.98 Å². The number of rotatable bonds is 3. The van der Waals surface area contributed by atoms with Crippen molar-refractivity contribution in [2.45, 2.75) is 34.1 Å². The largest absolute Gasteiger partial charge is 0.437 e. The Morgan fingerprint density at radius 3 is 2.60 bits per heavy atom. The van der Waals surface area contributed by atoms with Crippen molar-refractivity contribution in [3.63, 3.8) is 0 Å². The predicted octanol–water partition coefficient (Wildman–Crippen LogP) is 6.44. The molecule has 0 atom stereocenters. The molecule has 3 aromatic heterocycles. The van der Waals surface area contributed by atoms with Gasteiger partial charge in [-0.1, -0.05) is 26.0 Å². The van der Waals surface area contributed by atoms with E-state index >= 15 is 0 Å². The lowest BCUT2D eigenvalue weighted by molar-refractivity contribution is -0.633. The van der Waals surface area contributed by atoms with Crippen LogP contribution in [-0.4, -0.2) is 4.98 Å². The Bertz CT molecular complexity index is 1430. The summed E-state index contributed by atoms with van der Waals surface area (Å²) < 4.78 is 8.60. The summed E-state index contributed by atoms with van der Waals surface area (Å²) in [6, 6.07) is 17.4. The molecule has 30 heavy (non-hydrogen) atoms. The van der Waals surface area contributed by atoms with Crippen LogP contribution in [-0.2, 0) is 13.5 Å². The molecule has 0 spiro atoms. The highest BCUT2D eigenvalue weighted by atomic mass is 16.3. The number of pyridine rings is 2. The SMILES string of the molecule is Cc1cc2c(oc3ncccc32)c(-c2ccc3c(CC(C)C)cccc3[n+]2C)c1C. The highest BCUT2D eigenvalue weighted by Crippen LogP contribution is 2.38. The molecule has 150 valence electrons. The second-order valence-electron chi connectivity index (χ2n) is 8.75. The maximum absolute atomic E-state index is 6.29. The second kappa shape index (κ2) is 6.94. The molecule has 0 N–H and O–H groups in total. The summed E-state index contributed by atoms with van der Waals surface area (Å²) in [5.74, 6) is 0.627. The number of aryl methyl sites for hydroxylation is 2. The van der Waals surface area contributed by atoms with Crippen LogP contribution in [0.1, 0.15) is 30.5 Å². The van der Waals surface area contributed by atoms with Gasteiger partial charge in [-0.3, -0.25) is 0 Å². The average molecular weight is 396 g/mol. The highest BCUT2D eigenvalue weighted by Gasteiger charge is 2.24. The first-order chi connectivity index (χ1) is 14.5. The molecule has 0 aliphatic heterocycles. The van der Waals surface area contributed by atoms with E-state index in [9.17, 15) is 0 Å². The molecule has 5 aromatic rings. The molecule has 0 saturated heterocycles. The molecule has 0 fully saturated rings. The fourth-order valence-electron chi connectivity index (χ4n) is 4.64. The molecular formula is C27H27N2O+. The quantitative estimate of drug-likeness (QED) is 0.329. The van der Waals surface area contributed by atoms with E-state index in [1.54, 1.807) is 6.20 Å². The first-order valence-corrected chi connectivity index (χ1v) is 10.6. The fourth-order valence-corrected chi connectivity index (χ4v) is 4.64. The van der Waals surface area contributed by atoms with Gasteiger partial charge in [0.15, 0.2) is 5.58 Å². The van der Waals surface area contributed by atoms with E-state index in [0.29, 0.717) is 11.6 Å². The third-order valence-electron chi connectivity index (χ3n) is 6.25. The van der Waals surface area contributed by atoms with Crippen molar-refractivity contribution >= 4 is 33.0 Å². The van der Waals surface area contributed by atoms with Crippen molar-refractivity contribution in [2.24, 2.45) is 13.0 Å². The van der Waals surface area contributed by atoms with Gasteiger partial charge < -0.3 is 4.42 Å². The summed E-state index contributed by atoms with van der Waals surface area (Å²) >= 11 is 0. The first-order valence-electron chi connectivity index (χ1n) is 10.6. The van der Waals surface area contributed by atoms with Gasteiger partial charge in [0, 0.05) is 34.5 Å². The Labute approximate surface area is 177 Å². The second-order valence-corrected chi connectivity index (χ2v) is 8.75. The smallest absolute Gasteiger partial charge is 0.227 e. The van der Waals surface area contributed by atoms with Crippen LogP contribution in [0.5, 0.6) is 0 Å². The topological polar surface area (TPSA) is 29.9 Å². The van der Waals surface area contributed by atoms with Gasteiger partial charge in [0.25, 0.3) is 0 Å². The number of benzene rings is 2. The Hall–Kier alpha value is -3.20. The standard InChI is InChI=1S/C27H27N2O/c1-16(2)14-19-8-6-10-23-20(19)11-12-24(29(23)5)25-18(4)17(3)15-22-21-9-7-13-28-27(21)30-26(22)25/h6-13,15-16H,14H2,1-5H3/q+1. The summed E-state index contributed by atoms with van der Waals surface area (Å²) in [7, 11) is 2.16. The normalized spacial score (nSPS) is 11.9. The molecular weight excluding hydrogens is 368 g/mol. The zero-order chi connectivity index (χ0) is 21.0. The van der Waals surface area contributed by atoms with Gasteiger partial charge in [0.1, 0.15) is 7.05 Å². The number of hydrogen-bond acceptors (Lipinski definition) is 2. The monoisotopic (exact) mass is 395 g/mol. The molecule has 3 heteroatoms. The summed E-state index contributed by atoms with van der Waals surface area (Å²) in [4.78, 5) is 4.45. The molecule has 0 amide bonds. The third-order valence-corrected chi connectivity index (χ3v) is 6.25. The van der Waals surface area contributed by atoms with Crippen LogP contribution < -0.4 is 4.57 Å². The lowest BCUT2D eigenvalue weighted by atomic mass is 9.94. The van der Waals surface area contributed by atoms with E-state index in [1.165, 1.54) is 27.6 Å². The molecule has 0 unspecified atom stereocenters. The van der Waals surface area contributed by atoms with Crippen molar-refractivity contribution in [1.29, 1.82) is 0 Å². The number of fused-ring (bicyclic) bond motifs is 4. The van der Waals surface area contributed by atoms with E-state index in [1.807, 2.05) is 6.07 Å². The van der Waals surface area contributed by atoms with Gasteiger partial charge in [-0.05, 0) is 67.1 Å². The lowest BCUT2D eigenvalue weighted by Crippen LogP contribution is -2.32. The van der Waals surface area contributed by atoms with E-state index in [0.717, 1.165) is 34.0 Å². The zero-order valence-electron chi connectivity index (χ0n) is 18.3. The minimum atomic E-state index is 0.627. The van der Waals surface area contributed by atoms with Gasteiger partial charge in [-0.15, -0.1) is 0 Å². The molecule has 0 radical (unpaired) electrons. The van der Waals surface area contributed by atoms with Crippen LogP contribution in [0.2, 0.25) is 0 Å². The molecule has 2 aromatic carbocycles.